The summed E-state index contributed by atoms with van der Waals surface area (Å²) in [5.74, 6) is -0.977. The average molecular weight is 451 g/mol. The second-order valence-electron chi connectivity index (χ2n) is 8.87. The van der Waals surface area contributed by atoms with Gasteiger partial charge in [-0.05, 0) is 36.8 Å². The molecule has 3 rings (SSSR count). The van der Waals surface area contributed by atoms with Gasteiger partial charge in [-0.2, -0.15) is 0 Å². The summed E-state index contributed by atoms with van der Waals surface area (Å²) in [6.45, 7) is 4.39. The van der Waals surface area contributed by atoms with E-state index in [1.54, 1.807) is 24.5 Å². The van der Waals surface area contributed by atoms with E-state index in [0.29, 0.717) is 23.4 Å². The smallest absolute Gasteiger partial charge is 0.167 e. The number of nitrogens with zero attached hydrogens (tertiary/aromatic N) is 2. The molecule has 4 heteroatoms. The van der Waals surface area contributed by atoms with Gasteiger partial charge < -0.3 is 0 Å². The molecule has 0 aliphatic carbocycles. The molecular formula is C29H36F2N2. The molecule has 1 heterocycles. The largest absolute Gasteiger partial charge is 0.236 e. The molecule has 0 amide bonds. The molecule has 0 saturated heterocycles. The highest BCUT2D eigenvalue weighted by Crippen LogP contribution is 2.27. The van der Waals surface area contributed by atoms with Crippen LogP contribution in [0.4, 0.5) is 8.78 Å². The van der Waals surface area contributed by atoms with Crippen LogP contribution in [0.3, 0.4) is 0 Å². The van der Waals surface area contributed by atoms with Crippen molar-refractivity contribution in [2.75, 3.05) is 0 Å². The van der Waals surface area contributed by atoms with Crippen LogP contribution in [0.25, 0.3) is 22.5 Å². The summed E-state index contributed by atoms with van der Waals surface area (Å²) in [6.07, 6.45) is 15.2. The van der Waals surface area contributed by atoms with Gasteiger partial charge in [-0.25, -0.2) is 18.7 Å². The maximum Gasteiger partial charge on any atom is 0.167 e. The van der Waals surface area contributed by atoms with Crippen LogP contribution in [0.5, 0.6) is 0 Å². The van der Waals surface area contributed by atoms with Crippen LogP contribution in [0, 0.1) is 11.6 Å². The van der Waals surface area contributed by atoms with Crippen LogP contribution in [0.1, 0.15) is 82.8 Å². The quantitative estimate of drug-likeness (QED) is 0.243. The number of rotatable bonds is 13. The standard InChI is InChI=1S/C29H36F2N2/c1-3-5-7-8-9-11-13-23-18-19-26(28(31)27(23)30)25-20-32-29(33-21-25)24-16-14-22(15-17-24)12-10-6-4-2/h14-21H,3-13H2,1-2H3. The first-order valence-corrected chi connectivity index (χ1v) is 12.5. The summed E-state index contributed by atoms with van der Waals surface area (Å²) in [7, 11) is 0. The van der Waals surface area contributed by atoms with Gasteiger partial charge in [0.1, 0.15) is 0 Å². The number of hydrogen-bond acceptors (Lipinski definition) is 2. The molecule has 0 saturated carbocycles. The van der Waals surface area contributed by atoms with E-state index in [9.17, 15) is 8.78 Å². The normalized spacial score (nSPS) is 11.2. The highest BCUT2D eigenvalue weighted by molar-refractivity contribution is 5.65. The van der Waals surface area contributed by atoms with E-state index in [-0.39, 0.29) is 5.56 Å². The topological polar surface area (TPSA) is 25.8 Å². The maximum atomic E-state index is 14.8. The van der Waals surface area contributed by atoms with Crippen molar-refractivity contribution in [2.45, 2.75) is 84.5 Å². The summed E-state index contributed by atoms with van der Waals surface area (Å²) in [4.78, 5) is 8.82. The van der Waals surface area contributed by atoms with Gasteiger partial charge in [-0.1, -0.05) is 95.2 Å². The van der Waals surface area contributed by atoms with Crippen LogP contribution in [0.2, 0.25) is 0 Å². The third kappa shape index (κ3) is 7.18. The number of benzene rings is 2. The van der Waals surface area contributed by atoms with E-state index in [2.05, 4.69) is 35.9 Å². The first-order valence-electron chi connectivity index (χ1n) is 12.5. The van der Waals surface area contributed by atoms with Gasteiger partial charge in [-0.3, -0.25) is 0 Å². The molecule has 0 bridgehead atoms. The molecule has 0 atom stereocenters. The first-order chi connectivity index (χ1) is 16.1. The molecule has 0 aliphatic rings. The Balaban J connectivity index is 1.63. The van der Waals surface area contributed by atoms with Crippen LogP contribution in [0.15, 0.2) is 48.8 Å². The minimum Gasteiger partial charge on any atom is -0.236 e. The Morgan fingerprint density at radius 1 is 0.606 bits per heavy atom. The highest BCUT2D eigenvalue weighted by atomic mass is 19.2. The van der Waals surface area contributed by atoms with E-state index in [0.717, 1.165) is 31.2 Å². The molecular weight excluding hydrogens is 414 g/mol. The van der Waals surface area contributed by atoms with Gasteiger partial charge in [0.25, 0.3) is 0 Å². The minimum atomic E-state index is -0.814. The summed E-state index contributed by atoms with van der Waals surface area (Å²) >= 11 is 0. The Labute approximate surface area is 197 Å². The lowest BCUT2D eigenvalue weighted by molar-refractivity contribution is 0.497. The minimum absolute atomic E-state index is 0.206. The van der Waals surface area contributed by atoms with Crippen molar-refractivity contribution in [1.29, 1.82) is 0 Å². The second-order valence-corrected chi connectivity index (χ2v) is 8.87. The molecule has 2 nitrogen and oxygen atoms in total. The van der Waals surface area contributed by atoms with Crippen molar-refractivity contribution in [3.8, 4) is 22.5 Å². The zero-order valence-corrected chi connectivity index (χ0v) is 20.0. The fourth-order valence-corrected chi connectivity index (χ4v) is 4.12. The molecule has 2 aromatic carbocycles. The second kappa shape index (κ2) is 13.2. The van der Waals surface area contributed by atoms with Gasteiger partial charge in [0.15, 0.2) is 17.5 Å². The Hall–Kier alpha value is -2.62. The molecule has 176 valence electrons. The third-order valence-electron chi connectivity index (χ3n) is 6.21. The molecule has 0 unspecified atom stereocenters. The Morgan fingerprint density at radius 2 is 1.21 bits per heavy atom. The lowest BCUT2D eigenvalue weighted by atomic mass is 10.0. The summed E-state index contributed by atoms with van der Waals surface area (Å²) in [6, 6.07) is 11.6. The Bertz CT molecular complexity index is 982. The SMILES string of the molecule is CCCCCCCCc1ccc(-c2cnc(-c3ccc(CCCCC)cc3)nc2)c(F)c1F. The monoisotopic (exact) mass is 450 g/mol. The van der Waals surface area contributed by atoms with Gasteiger partial charge >= 0.3 is 0 Å². The van der Waals surface area contributed by atoms with Crippen molar-refractivity contribution in [3.05, 3.63) is 71.6 Å². The first kappa shape index (κ1) is 25.0. The molecule has 0 aliphatic heterocycles. The number of aryl methyl sites for hydroxylation is 2. The molecule has 0 radical (unpaired) electrons. The van der Waals surface area contributed by atoms with Gasteiger partial charge in [0, 0.05) is 29.1 Å². The summed E-state index contributed by atoms with van der Waals surface area (Å²) in [5, 5.41) is 0. The highest BCUT2D eigenvalue weighted by Gasteiger charge is 2.15. The van der Waals surface area contributed by atoms with Crippen molar-refractivity contribution in [1.82, 2.24) is 9.97 Å². The molecule has 0 N–H and O–H groups in total. The van der Waals surface area contributed by atoms with Crippen molar-refractivity contribution < 1.29 is 8.78 Å². The molecule has 0 spiro atoms. The number of hydrogen-bond donors (Lipinski definition) is 0. The van der Waals surface area contributed by atoms with Gasteiger partial charge in [0.2, 0.25) is 0 Å². The van der Waals surface area contributed by atoms with E-state index < -0.39 is 11.6 Å². The zero-order valence-electron chi connectivity index (χ0n) is 20.0. The predicted molar refractivity (Wildman–Crippen MR) is 133 cm³/mol. The van der Waals surface area contributed by atoms with Gasteiger partial charge in [0.05, 0.1) is 0 Å². The van der Waals surface area contributed by atoms with Crippen molar-refractivity contribution in [3.63, 3.8) is 0 Å². The molecule has 33 heavy (non-hydrogen) atoms. The maximum absolute atomic E-state index is 14.8. The van der Waals surface area contributed by atoms with Crippen molar-refractivity contribution >= 4 is 0 Å². The lowest BCUT2D eigenvalue weighted by Crippen LogP contribution is -1.99. The van der Waals surface area contributed by atoms with Crippen LogP contribution in [-0.4, -0.2) is 9.97 Å². The summed E-state index contributed by atoms with van der Waals surface area (Å²) < 4.78 is 29.4. The Morgan fingerprint density at radius 3 is 1.91 bits per heavy atom. The van der Waals surface area contributed by atoms with E-state index in [1.807, 2.05) is 12.1 Å². The fourth-order valence-electron chi connectivity index (χ4n) is 4.12. The van der Waals surface area contributed by atoms with Crippen LogP contribution < -0.4 is 0 Å². The number of unbranched alkanes of at least 4 members (excludes halogenated alkanes) is 7. The fraction of sp³-hybridized carbons (Fsp3) is 0.448. The van der Waals surface area contributed by atoms with Crippen molar-refractivity contribution in [2.24, 2.45) is 0 Å². The van der Waals surface area contributed by atoms with Gasteiger partial charge in [-0.15, -0.1) is 0 Å². The number of halogens is 2. The average Bonchev–Trinajstić information content (AvgIpc) is 2.85. The van der Waals surface area contributed by atoms with E-state index >= 15 is 0 Å². The van der Waals surface area contributed by atoms with Crippen LogP contribution in [-0.2, 0) is 12.8 Å². The van der Waals surface area contributed by atoms with E-state index in [4.69, 9.17) is 0 Å². The molecule has 0 fully saturated rings. The van der Waals surface area contributed by atoms with Crippen LogP contribution >= 0.6 is 0 Å². The van der Waals surface area contributed by atoms with E-state index in [1.165, 1.54) is 44.1 Å². The third-order valence-corrected chi connectivity index (χ3v) is 6.21. The molecule has 1 aromatic heterocycles. The summed E-state index contributed by atoms with van der Waals surface area (Å²) in [5.41, 5.74) is 3.36. The Kier molecular flexibility index (Phi) is 9.99. The zero-order chi connectivity index (χ0) is 23.5. The lowest BCUT2D eigenvalue weighted by Gasteiger charge is -2.09. The molecule has 3 aromatic rings. The number of aromatic nitrogens is 2. The predicted octanol–water partition coefficient (Wildman–Crippen LogP) is 8.72.